The van der Waals surface area contributed by atoms with Crippen molar-refractivity contribution in [1.82, 2.24) is 0 Å². The van der Waals surface area contributed by atoms with E-state index in [-0.39, 0.29) is 17.0 Å². The summed E-state index contributed by atoms with van der Waals surface area (Å²) in [4.78, 5) is 0. The fraction of sp³-hybridized carbons (Fsp3) is 0.500. The Kier molecular flexibility index (Phi) is 11.8. The van der Waals surface area contributed by atoms with Gasteiger partial charge in [0.05, 0.1) is 45.2 Å². The molecule has 0 amide bonds. The highest BCUT2D eigenvalue weighted by Gasteiger charge is 2.10. The summed E-state index contributed by atoms with van der Waals surface area (Å²) >= 11 is 0. The predicted octanol–water partition coefficient (Wildman–Crippen LogP) is 3.70. The van der Waals surface area contributed by atoms with E-state index in [0.717, 1.165) is 41.1 Å². The van der Waals surface area contributed by atoms with E-state index in [9.17, 15) is 0 Å². The van der Waals surface area contributed by atoms with Crippen molar-refractivity contribution in [2.75, 3.05) is 33.8 Å². The van der Waals surface area contributed by atoms with Gasteiger partial charge in [-0.25, -0.2) is 0 Å². The van der Waals surface area contributed by atoms with Gasteiger partial charge in [0, 0.05) is 0 Å². The van der Waals surface area contributed by atoms with Crippen molar-refractivity contribution < 1.29 is 26.2 Å². The molecular weight excluding hydrogens is 426 g/mol. The van der Waals surface area contributed by atoms with Gasteiger partial charge in [-0.05, 0) is 74.6 Å². The van der Waals surface area contributed by atoms with E-state index in [1.807, 2.05) is 36.4 Å². The molecule has 0 fully saturated rings. The first-order chi connectivity index (χ1) is 13.5. The molecule has 0 aliphatic heterocycles. The first kappa shape index (κ1) is 25.3. The largest absolute Gasteiger partial charge is 1.00 e. The quantitative estimate of drug-likeness (QED) is 0.269. The van der Waals surface area contributed by atoms with Crippen LogP contribution in [0.25, 0.3) is 0 Å². The molecule has 0 aliphatic carbocycles. The fourth-order valence-electron chi connectivity index (χ4n) is 2.82. The molecule has 5 heteroatoms. The number of hydrogen-bond acceptors (Lipinski definition) is 3. The number of aryl methyl sites for hydroxylation is 1. The lowest BCUT2D eigenvalue weighted by Crippen LogP contribution is -3.00. The zero-order chi connectivity index (χ0) is 20.2. The lowest BCUT2D eigenvalue weighted by molar-refractivity contribution is -0.888. The van der Waals surface area contributed by atoms with Crippen LogP contribution >= 0.6 is 0 Å². The van der Waals surface area contributed by atoms with E-state index < -0.39 is 0 Å². The van der Waals surface area contributed by atoms with Crippen LogP contribution in [0.4, 0.5) is 11.4 Å². The van der Waals surface area contributed by atoms with Gasteiger partial charge in [-0.2, -0.15) is 10.2 Å². The number of hydrogen-bond donors (Lipinski definition) is 0. The van der Waals surface area contributed by atoms with Gasteiger partial charge in [0.2, 0.25) is 0 Å². The summed E-state index contributed by atoms with van der Waals surface area (Å²) in [5.74, 6) is 0.892. The summed E-state index contributed by atoms with van der Waals surface area (Å²) < 4.78 is 6.91. The molecule has 4 nitrogen and oxygen atoms in total. The Morgan fingerprint density at radius 3 is 1.93 bits per heavy atom. The number of benzene rings is 2. The number of nitrogens with zero attached hydrogens (tertiary/aromatic N) is 3. The molecule has 0 radical (unpaired) electrons. The van der Waals surface area contributed by atoms with Crippen LogP contribution < -0.4 is 21.7 Å². The van der Waals surface area contributed by atoms with Crippen molar-refractivity contribution in [2.24, 2.45) is 10.2 Å². The average molecular weight is 462 g/mol. The van der Waals surface area contributed by atoms with Crippen molar-refractivity contribution in [3.05, 3.63) is 54.1 Å². The minimum Gasteiger partial charge on any atom is -1.00 e. The molecule has 0 bridgehead atoms. The van der Waals surface area contributed by atoms with E-state index in [1.54, 1.807) is 0 Å². The third kappa shape index (κ3) is 10.0. The van der Waals surface area contributed by atoms with Crippen LogP contribution in [0.3, 0.4) is 0 Å². The maximum absolute atomic E-state index is 5.84. The molecule has 160 valence electrons. The van der Waals surface area contributed by atoms with Crippen molar-refractivity contribution in [3.63, 3.8) is 0 Å². The highest BCUT2D eigenvalue weighted by atomic mass is 79.9. The fourth-order valence-corrected chi connectivity index (χ4v) is 2.82. The van der Waals surface area contributed by atoms with Crippen LogP contribution in [0.5, 0.6) is 5.75 Å². The normalized spacial score (nSPS) is 11.4. The number of azo groups is 1. The van der Waals surface area contributed by atoms with Gasteiger partial charge in [-0.1, -0.05) is 25.5 Å². The smallest absolute Gasteiger partial charge is 0.119 e. The summed E-state index contributed by atoms with van der Waals surface area (Å²) in [6, 6.07) is 16.2. The van der Waals surface area contributed by atoms with Crippen molar-refractivity contribution in [2.45, 2.75) is 46.0 Å². The molecule has 2 aromatic rings. The van der Waals surface area contributed by atoms with Crippen LogP contribution in [-0.4, -0.2) is 38.3 Å². The minimum atomic E-state index is 0. The molecule has 2 aromatic carbocycles. The highest BCUT2D eigenvalue weighted by Crippen LogP contribution is 2.22. The van der Waals surface area contributed by atoms with Crippen LogP contribution in [0.2, 0.25) is 0 Å². The standard InChI is InChI=1S/C24H36N3O.BrH/c1-5-7-10-21-11-13-22(14-12-21)25-26-23-15-17-24(18-16-23)28-20-9-8-19-27(3,4)6-2;/h11-18H,5-10,19-20H2,1-4H3;1H/q+1;/p-1. The van der Waals surface area contributed by atoms with Gasteiger partial charge in [0.25, 0.3) is 0 Å². The molecule has 0 aromatic heterocycles. The summed E-state index contributed by atoms with van der Waals surface area (Å²) in [7, 11) is 4.55. The van der Waals surface area contributed by atoms with Gasteiger partial charge in [0.15, 0.2) is 0 Å². The summed E-state index contributed by atoms with van der Waals surface area (Å²) in [6.45, 7) is 7.57. The Balaban J connectivity index is 0.00000420. The topological polar surface area (TPSA) is 34.0 Å². The molecule has 29 heavy (non-hydrogen) atoms. The zero-order valence-electron chi connectivity index (χ0n) is 18.4. The molecule has 0 N–H and O–H groups in total. The molecule has 0 aliphatic rings. The van der Waals surface area contributed by atoms with Gasteiger partial charge in [-0.15, -0.1) is 0 Å². The maximum Gasteiger partial charge on any atom is 0.119 e. The number of unbranched alkanes of at least 4 members (excludes halogenated alkanes) is 2. The lowest BCUT2D eigenvalue weighted by Gasteiger charge is -2.28. The van der Waals surface area contributed by atoms with Crippen LogP contribution in [0.1, 0.15) is 45.1 Å². The first-order valence-electron chi connectivity index (χ1n) is 10.6. The van der Waals surface area contributed by atoms with E-state index in [4.69, 9.17) is 4.74 Å². The summed E-state index contributed by atoms with van der Waals surface area (Å²) in [5, 5.41) is 8.65. The van der Waals surface area contributed by atoms with Crippen LogP contribution in [0.15, 0.2) is 58.8 Å². The second kappa shape index (κ2) is 13.5. The molecule has 0 heterocycles. The third-order valence-electron chi connectivity index (χ3n) is 5.16. The van der Waals surface area contributed by atoms with Crippen LogP contribution in [-0.2, 0) is 6.42 Å². The number of ether oxygens (including phenoxy) is 1. The number of quaternary nitrogens is 1. The zero-order valence-corrected chi connectivity index (χ0v) is 20.0. The third-order valence-corrected chi connectivity index (χ3v) is 5.16. The highest BCUT2D eigenvalue weighted by molar-refractivity contribution is 5.43. The molecule has 0 atom stereocenters. The van der Waals surface area contributed by atoms with Gasteiger partial charge >= 0.3 is 0 Å². The minimum absolute atomic E-state index is 0. The Morgan fingerprint density at radius 2 is 1.38 bits per heavy atom. The summed E-state index contributed by atoms with van der Waals surface area (Å²) in [5.41, 5.74) is 3.08. The molecule has 2 rings (SSSR count). The second-order valence-electron chi connectivity index (χ2n) is 8.00. The van der Waals surface area contributed by atoms with E-state index in [2.05, 4.69) is 50.3 Å². The SMILES string of the molecule is CCCCc1ccc(N=Nc2ccc(OCCCC[N+](C)(C)CC)cc2)cc1.[Br-]. The van der Waals surface area contributed by atoms with Gasteiger partial charge in [-0.3, -0.25) is 0 Å². The molecule has 0 spiro atoms. The Labute approximate surface area is 187 Å². The molecule has 0 saturated heterocycles. The van der Waals surface area contributed by atoms with Gasteiger partial charge in [0.1, 0.15) is 5.75 Å². The first-order valence-corrected chi connectivity index (χ1v) is 10.6. The van der Waals surface area contributed by atoms with E-state index >= 15 is 0 Å². The number of rotatable bonds is 12. The van der Waals surface area contributed by atoms with Crippen molar-refractivity contribution >= 4 is 11.4 Å². The van der Waals surface area contributed by atoms with E-state index in [1.165, 1.54) is 37.9 Å². The summed E-state index contributed by atoms with van der Waals surface area (Å²) in [6.07, 6.45) is 5.84. The Hall–Kier alpha value is -1.72. The molecule has 0 unspecified atom stereocenters. The number of halogens is 1. The van der Waals surface area contributed by atoms with E-state index in [0.29, 0.717) is 0 Å². The van der Waals surface area contributed by atoms with Crippen LogP contribution in [0, 0.1) is 0 Å². The second-order valence-corrected chi connectivity index (χ2v) is 8.00. The van der Waals surface area contributed by atoms with Gasteiger partial charge < -0.3 is 26.2 Å². The average Bonchev–Trinajstić information content (AvgIpc) is 2.72. The Morgan fingerprint density at radius 1 is 0.793 bits per heavy atom. The Bertz CT molecular complexity index is 712. The van der Waals surface area contributed by atoms with Crippen molar-refractivity contribution in [1.29, 1.82) is 0 Å². The monoisotopic (exact) mass is 461 g/mol. The predicted molar refractivity (Wildman–Crippen MR) is 118 cm³/mol. The molecule has 0 saturated carbocycles. The van der Waals surface area contributed by atoms with Crippen molar-refractivity contribution in [3.8, 4) is 5.75 Å². The molecular formula is C24H36BrN3O. The maximum atomic E-state index is 5.84. The lowest BCUT2D eigenvalue weighted by atomic mass is 10.1.